The number of aryl methyl sites for hydroxylation is 1. The summed E-state index contributed by atoms with van der Waals surface area (Å²) in [6, 6.07) is 0.464. The molecule has 0 aliphatic carbocycles. The maximum atomic E-state index is 13.5. The molecule has 5 rings (SSSR count). The van der Waals surface area contributed by atoms with Crippen LogP contribution in [0.4, 0.5) is 8.78 Å². The molecule has 1 N–H and O–H groups in total. The summed E-state index contributed by atoms with van der Waals surface area (Å²) in [7, 11) is 0. The van der Waals surface area contributed by atoms with Gasteiger partial charge in [-0.25, -0.2) is 8.78 Å². The van der Waals surface area contributed by atoms with Gasteiger partial charge in [-0.15, -0.1) is 0 Å². The van der Waals surface area contributed by atoms with Crippen molar-refractivity contribution in [3.63, 3.8) is 0 Å². The van der Waals surface area contributed by atoms with Crippen LogP contribution in [-0.2, 0) is 9.53 Å². The standard InChI is InChI=1S/C28H39F2N5O3/c1-18(19(2)27(37)34-10-4-21(5-11-34)33-12-8-28(29,30)9-13-33)16-24-20(3)25-23(26(36)32-24)17-31-35(25)22-6-14-38-15-7-22/h16-17,19,21-22H,4-15H2,1-3H3,(H,32,36)/b18-16-. The Morgan fingerprint density at radius 2 is 1.79 bits per heavy atom. The fourth-order valence-electron chi connectivity index (χ4n) is 6.15. The number of nitrogens with one attached hydrogen (secondary N) is 1. The van der Waals surface area contributed by atoms with Gasteiger partial charge in [-0.1, -0.05) is 5.57 Å². The second kappa shape index (κ2) is 10.9. The molecule has 38 heavy (non-hydrogen) atoms. The van der Waals surface area contributed by atoms with Gasteiger partial charge < -0.3 is 14.6 Å². The monoisotopic (exact) mass is 531 g/mol. The Balaban J connectivity index is 1.27. The lowest BCUT2D eigenvalue weighted by atomic mass is 9.95. The number of alkyl halides is 2. The number of likely N-dealkylation sites (tertiary alicyclic amines) is 2. The smallest absolute Gasteiger partial charge is 0.259 e. The molecule has 3 fully saturated rings. The van der Waals surface area contributed by atoms with Crippen LogP contribution in [0.3, 0.4) is 0 Å². The first-order valence-electron chi connectivity index (χ1n) is 13.9. The number of nitrogens with zero attached hydrogens (tertiary/aromatic N) is 4. The van der Waals surface area contributed by atoms with E-state index in [1.807, 2.05) is 36.4 Å². The number of H-pyrrole nitrogens is 1. The van der Waals surface area contributed by atoms with Gasteiger partial charge in [0.1, 0.15) is 0 Å². The zero-order valence-corrected chi connectivity index (χ0v) is 22.6. The minimum atomic E-state index is -2.54. The Morgan fingerprint density at radius 1 is 1.13 bits per heavy atom. The number of rotatable bonds is 5. The third kappa shape index (κ3) is 5.43. The van der Waals surface area contributed by atoms with Crippen molar-refractivity contribution in [2.24, 2.45) is 5.92 Å². The van der Waals surface area contributed by atoms with Crippen LogP contribution in [-0.4, -0.2) is 81.8 Å². The predicted octanol–water partition coefficient (Wildman–Crippen LogP) is 4.15. The van der Waals surface area contributed by atoms with E-state index in [0.29, 0.717) is 50.5 Å². The summed E-state index contributed by atoms with van der Waals surface area (Å²) in [5, 5.41) is 5.13. The van der Waals surface area contributed by atoms with Gasteiger partial charge >= 0.3 is 0 Å². The highest BCUT2D eigenvalue weighted by molar-refractivity contribution is 5.85. The van der Waals surface area contributed by atoms with Gasteiger partial charge in [-0.2, -0.15) is 5.10 Å². The quantitative estimate of drug-likeness (QED) is 0.627. The summed E-state index contributed by atoms with van der Waals surface area (Å²) >= 11 is 0. The maximum Gasteiger partial charge on any atom is 0.259 e. The average Bonchev–Trinajstić information content (AvgIpc) is 3.37. The highest BCUT2D eigenvalue weighted by Crippen LogP contribution is 2.31. The second-order valence-electron chi connectivity index (χ2n) is 11.2. The molecule has 1 amide bonds. The van der Waals surface area contributed by atoms with Crippen LogP contribution in [0.25, 0.3) is 17.0 Å². The molecule has 0 bridgehead atoms. The molecule has 5 heterocycles. The fraction of sp³-hybridized carbons (Fsp3) is 0.679. The molecule has 3 saturated heterocycles. The van der Waals surface area contributed by atoms with Crippen LogP contribution in [0, 0.1) is 12.8 Å². The molecule has 0 radical (unpaired) electrons. The number of aromatic amines is 1. The molecule has 3 aliphatic heterocycles. The number of piperidine rings is 2. The van der Waals surface area contributed by atoms with Crippen LogP contribution in [0.5, 0.6) is 0 Å². The first-order valence-corrected chi connectivity index (χ1v) is 13.9. The van der Waals surface area contributed by atoms with E-state index in [2.05, 4.69) is 15.0 Å². The summed E-state index contributed by atoms with van der Waals surface area (Å²) in [6.45, 7) is 9.34. The van der Waals surface area contributed by atoms with Crippen molar-refractivity contribution < 1.29 is 18.3 Å². The molecule has 0 spiro atoms. The first-order chi connectivity index (χ1) is 18.1. The van der Waals surface area contributed by atoms with Crippen LogP contribution in [0.2, 0.25) is 0 Å². The second-order valence-corrected chi connectivity index (χ2v) is 11.2. The third-order valence-electron chi connectivity index (χ3n) is 8.83. The largest absolute Gasteiger partial charge is 0.381 e. The fourth-order valence-corrected chi connectivity index (χ4v) is 6.15. The number of halogens is 2. The van der Waals surface area contributed by atoms with E-state index in [1.54, 1.807) is 6.20 Å². The van der Waals surface area contributed by atoms with Crippen molar-refractivity contribution in [1.29, 1.82) is 0 Å². The van der Waals surface area contributed by atoms with E-state index in [-0.39, 0.29) is 42.3 Å². The molecule has 2 aromatic rings. The number of ether oxygens (including phenoxy) is 1. The molecule has 1 atom stereocenters. The number of fused-ring (bicyclic) bond motifs is 1. The molecular weight excluding hydrogens is 492 g/mol. The summed E-state index contributed by atoms with van der Waals surface area (Å²) in [4.78, 5) is 33.3. The van der Waals surface area contributed by atoms with Gasteiger partial charge in [0.15, 0.2) is 0 Å². The summed E-state index contributed by atoms with van der Waals surface area (Å²) in [5.41, 5.74) is 3.19. The minimum Gasteiger partial charge on any atom is -0.381 e. The number of hydrogen-bond acceptors (Lipinski definition) is 5. The lowest BCUT2D eigenvalue weighted by Crippen LogP contribution is -2.51. The normalized spacial score (nSPS) is 23.2. The first kappa shape index (κ1) is 27.0. The van der Waals surface area contributed by atoms with Crippen molar-refractivity contribution in [3.05, 3.63) is 33.4 Å². The topological polar surface area (TPSA) is 83.5 Å². The number of pyridine rings is 1. The number of amides is 1. The Labute approximate surface area is 222 Å². The Kier molecular flexibility index (Phi) is 7.73. The molecule has 1 unspecified atom stereocenters. The van der Waals surface area contributed by atoms with E-state index < -0.39 is 5.92 Å². The highest BCUT2D eigenvalue weighted by atomic mass is 19.3. The average molecular weight is 532 g/mol. The van der Waals surface area contributed by atoms with E-state index in [9.17, 15) is 18.4 Å². The van der Waals surface area contributed by atoms with E-state index >= 15 is 0 Å². The minimum absolute atomic E-state index is 0.0655. The van der Waals surface area contributed by atoms with Crippen molar-refractivity contribution >= 4 is 22.9 Å². The SMILES string of the molecule is C/C(=C/c1[nH]c(=O)c2cnn(C3CCOCC3)c2c1C)C(C)C(=O)N1CCC(N2CCC(F)(F)CC2)CC1. The molecule has 208 valence electrons. The Morgan fingerprint density at radius 3 is 2.45 bits per heavy atom. The lowest BCUT2D eigenvalue weighted by Gasteiger charge is -2.42. The van der Waals surface area contributed by atoms with Crippen molar-refractivity contribution in [1.82, 2.24) is 24.6 Å². The summed E-state index contributed by atoms with van der Waals surface area (Å²) in [5.74, 6) is -2.81. The van der Waals surface area contributed by atoms with Crippen LogP contribution >= 0.6 is 0 Å². The van der Waals surface area contributed by atoms with E-state index in [4.69, 9.17) is 4.74 Å². The van der Waals surface area contributed by atoms with Crippen molar-refractivity contribution in [2.75, 3.05) is 39.4 Å². The van der Waals surface area contributed by atoms with Gasteiger partial charge in [0, 0.05) is 64.0 Å². The van der Waals surface area contributed by atoms with Gasteiger partial charge in [-0.3, -0.25) is 19.2 Å². The molecule has 2 aromatic heterocycles. The van der Waals surface area contributed by atoms with Crippen LogP contribution in [0.15, 0.2) is 16.6 Å². The predicted molar refractivity (Wildman–Crippen MR) is 142 cm³/mol. The van der Waals surface area contributed by atoms with E-state index in [1.165, 1.54) is 0 Å². The van der Waals surface area contributed by atoms with Crippen LogP contribution < -0.4 is 5.56 Å². The number of aromatic nitrogens is 3. The summed E-state index contributed by atoms with van der Waals surface area (Å²) in [6.07, 6.45) is 6.76. The van der Waals surface area contributed by atoms with Gasteiger partial charge in [0.25, 0.3) is 11.5 Å². The van der Waals surface area contributed by atoms with E-state index in [0.717, 1.165) is 42.3 Å². The number of hydrogen-bond donors (Lipinski definition) is 1. The zero-order valence-electron chi connectivity index (χ0n) is 22.6. The molecular formula is C28H39F2N5O3. The molecule has 10 heteroatoms. The van der Waals surface area contributed by atoms with Gasteiger partial charge in [0.2, 0.25) is 5.91 Å². The van der Waals surface area contributed by atoms with Gasteiger partial charge in [0.05, 0.1) is 29.1 Å². The zero-order chi connectivity index (χ0) is 27.0. The molecule has 3 aliphatic rings. The van der Waals surface area contributed by atoms with Gasteiger partial charge in [-0.05, 0) is 58.1 Å². The van der Waals surface area contributed by atoms with Crippen LogP contribution in [0.1, 0.15) is 69.7 Å². The summed E-state index contributed by atoms with van der Waals surface area (Å²) < 4.78 is 34.5. The maximum absolute atomic E-state index is 13.5. The highest BCUT2D eigenvalue weighted by Gasteiger charge is 2.37. The lowest BCUT2D eigenvalue weighted by molar-refractivity contribution is -0.135. The molecule has 0 aromatic carbocycles. The molecule has 0 saturated carbocycles. The van der Waals surface area contributed by atoms with Crippen molar-refractivity contribution in [2.45, 2.75) is 77.3 Å². The third-order valence-corrected chi connectivity index (χ3v) is 8.83. The number of carbonyl (C=O) groups is 1. The molecule has 8 nitrogen and oxygen atoms in total. The Bertz CT molecular complexity index is 1250. The number of carbonyl (C=O) groups excluding carboxylic acids is 1. The Hall–Kier alpha value is -2.59. The van der Waals surface area contributed by atoms with Crippen molar-refractivity contribution in [3.8, 4) is 0 Å².